The maximum absolute atomic E-state index is 10.3. The summed E-state index contributed by atoms with van der Waals surface area (Å²) >= 11 is 0. The Morgan fingerprint density at radius 2 is 1.96 bits per heavy atom. The van der Waals surface area contributed by atoms with E-state index in [9.17, 15) is 5.11 Å². The number of nitrogens with one attached hydrogen (secondary N) is 1. The zero-order valence-corrected chi connectivity index (χ0v) is 14.9. The van der Waals surface area contributed by atoms with Gasteiger partial charge in [-0.15, -0.1) is 0 Å². The van der Waals surface area contributed by atoms with Crippen molar-refractivity contribution < 1.29 is 5.11 Å². The van der Waals surface area contributed by atoms with Crippen LogP contribution >= 0.6 is 0 Å². The van der Waals surface area contributed by atoms with E-state index in [1.54, 1.807) is 0 Å². The quantitative estimate of drug-likeness (QED) is 0.645. The predicted molar refractivity (Wildman–Crippen MR) is 99.2 cm³/mol. The lowest BCUT2D eigenvalue weighted by molar-refractivity contribution is -0.0238. The van der Waals surface area contributed by atoms with Crippen molar-refractivity contribution in [2.75, 3.05) is 26.2 Å². The van der Waals surface area contributed by atoms with Gasteiger partial charge in [-0.25, -0.2) is 0 Å². The summed E-state index contributed by atoms with van der Waals surface area (Å²) in [6.07, 6.45) is 6.53. The highest BCUT2D eigenvalue weighted by Crippen LogP contribution is 2.31. The summed E-state index contributed by atoms with van der Waals surface area (Å²) in [5.41, 5.74) is 0.912. The number of benzene rings is 1. The van der Waals surface area contributed by atoms with E-state index >= 15 is 0 Å². The monoisotopic (exact) mass is 329 g/mol. The molecule has 4 nitrogen and oxygen atoms in total. The summed E-state index contributed by atoms with van der Waals surface area (Å²) in [6.45, 7) is 5.64. The number of nitrogens with zero attached hydrogens (tertiary/aromatic N) is 2. The van der Waals surface area contributed by atoms with Gasteiger partial charge in [-0.2, -0.15) is 0 Å². The summed E-state index contributed by atoms with van der Waals surface area (Å²) in [5.74, 6) is 1.75. The first-order valence-electron chi connectivity index (χ1n) is 9.48. The molecule has 2 N–H and O–H groups in total. The third-order valence-corrected chi connectivity index (χ3v) is 5.42. The van der Waals surface area contributed by atoms with Crippen molar-refractivity contribution in [3.8, 4) is 0 Å². The number of rotatable bonds is 5. The molecular weight excluding hydrogens is 298 g/mol. The highest BCUT2D eigenvalue weighted by molar-refractivity contribution is 5.80. The van der Waals surface area contributed by atoms with Gasteiger partial charge in [0.1, 0.15) is 0 Å². The van der Waals surface area contributed by atoms with Crippen LogP contribution in [0.4, 0.5) is 0 Å². The molecule has 3 rings (SSSR count). The average Bonchev–Trinajstić information content (AvgIpc) is 2.59. The smallest absolute Gasteiger partial charge is 0.194 e. The van der Waals surface area contributed by atoms with Crippen molar-refractivity contribution in [1.82, 2.24) is 10.2 Å². The Bertz CT molecular complexity index is 531. The summed E-state index contributed by atoms with van der Waals surface area (Å²) in [5, 5.41) is 13.7. The lowest BCUT2D eigenvalue weighted by Crippen LogP contribution is -2.47. The fraction of sp³-hybridized carbons (Fsp3) is 0.650. The molecule has 1 aromatic rings. The maximum Gasteiger partial charge on any atom is 0.194 e. The van der Waals surface area contributed by atoms with Crippen LogP contribution in [0, 0.1) is 5.92 Å². The van der Waals surface area contributed by atoms with Gasteiger partial charge in [0.05, 0.1) is 12.1 Å². The van der Waals surface area contributed by atoms with Crippen LogP contribution in [0.5, 0.6) is 0 Å². The van der Waals surface area contributed by atoms with E-state index in [4.69, 9.17) is 4.99 Å². The van der Waals surface area contributed by atoms with E-state index < -0.39 is 5.60 Å². The minimum absolute atomic E-state index is 0.535. The van der Waals surface area contributed by atoms with Gasteiger partial charge in [-0.1, -0.05) is 30.3 Å². The highest BCUT2D eigenvalue weighted by atomic mass is 16.3. The molecule has 0 bridgehead atoms. The molecule has 0 amide bonds. The molecule has 0 radical (unpaired) electrons. The maximum atomic E-state index is 10.3. The van der Waals surface area contributed by atoms with E-state index in [1.165, 1.54) is 24.8 Å². The van der Waals surface area contributed by atoms with Gasteiger partial charge in [-0.05, 0) is 56.9 Å². The molecule has 1 aliphatic heterocycles. The molecular formula is C20H31N3O. The van der Waals surface area contributed by atoms with E-state index in [2.05, 4.69) is 47.5 Å². The number of aliphatic imine (C=N–C) groups is 1. The number of hydrogen-bond donors (Lipinski definition) is 2. The molecule has 24 heavy (non-hydrogen) atoms. The molecule has 132 valence electrons. The van der Waals surface area contributed by atoms with Gasteiger partial charge in [0.25, 0.3) is 0 Å². The first kappa shape index (κ1) is 17.3. The van der Waals surface area contributed by atoms with Gasteiger partial charge in [0, 0.05) is 19.6 Å². The second kappa shape index (κ2) is 8.02. The molecule has 1 heterocycles. The van der Waals surface area contributed by atoms with Crippen molar-refractivity contribution in [3.63, 3.8) is 0 Å². The summed E-state index contributed by atoms with van der Waals surface area (Å²) in [4.78, 5) is 7.09. The molecule has 2 aliphatic rings. The predicted octanol–water partition coefficient (Wildman–Crippen LogP) is 2.82. The first-order valence-corrected chi connectivity index (χ1v) is 9.48. The highest BCUT2D eigenvalue weighted by Gasteiger charge is 2.34. The summed E-state index contributed by atoms with van der Waals surface area (Å²) in [7, 11) is 0. The Labute approximate surface area is 146 Å². The van der Waals surface area contributed by atoms with Crippen LogP contribution in [0.2, 0.25) is 0 Å². The number of aliphatic hydroxyl groups is 1. The fourth-order valence-corrected chi connectivity index (χ4v) is 3.69. The second-order valence-corrected chi connectivity index (χ2v) is 7.37. The van der Waals surface area contributed by atoms with E-state index in [-0.39, 0.29) is 0 Å². The number of piperidine rings is 1. The Morgan fingerprint density at radius 1 is 1.25 bits per heavy atom. The van der Waals surface area contributed by atoms with Gasteiger partial charge in [0.15, 0.2) is 5.96 Å². The zero-order chi connectivity index (χ0) is 16.8. The van der Waals surface area contributed by atoms with Crippen molar-refractivity contribution in [2.45, 2.75) is 51.0 Å². The molecule has 0 spiro atoms. The Balaban J connectivity index is 1.52. The lowest BCUT2D eigenvalue weighted by atomic mass is 9.80. The molecule has 0 unspecified atom stereocenters. The third kappa shape index (κ3) is 4.50. The number of guanidine groups is 1. The number of likely N-dealkylation sites (tertiary alicyclic amines) is 1. The van der Waals surface area contributed by atoms with Crippen LogP contribution in [-0.4, -0.2) is 47.7 Å². The minimum atomic E-state index is -0.535. The summed E-state index contributed by atoms with van der Waals surface area (Å²) < 4.78 is 0. The summed E-state index contributed by atoms with van der Waals surface area (Å²) in [6, 6.07) is 10.8. The molecule has 0 aromatic heterocycles. The van der Waals surface area contributed by atoms with Gasteiger partial charge in [0.2, 0.25) is 0 Å². The Hall–Kier alpha value is -1.55. The molecule has 1 saturated carbocycles. The number of hydrogen-bond acceptors (Lipinski definition) is 2. The molecule has 2 fully saturated rings. The Kier molecular flexibility index (Phi) is 5.77. The van der Waals surface area contributed by atoms with Crippen molar-refractivity contribution >= 4 is 5.96 Å². The van der Waals surface area contributed by atoms with Crippen LogP contribution in [0.15, 0.2) is 35.3 Å². The van der Waals surface area contributed by atoms with Gasteiger partial charge >= 0.3 is 0 Å². The van der Waals surface area contributed by atoms with Crippen LogP contribution in [0.25, 0.3) is 0 Å². The van der Waals surface area contributed by atoms with Crippen molar-refractivity contribution in [2.24, 2.45) is 10.9 Å². The molecule has 4 heteroatoms. The minimum Gasteiger partial charge on any atom is -0.388 e. The average molecular weight is 329 g/mol. The second-order valence-electron chi connectivity index (χ2n) is 7.37. The standard InChI is InChI=1S/C20H31N3O/c1-2-21-19(22-16-20(24)11-6-12-20)23-13-9-18(10-14-23)15-17-7-4-3-5-8-17/h3-5,7-8,18,24H,2,6,9-16H2,1H3,(H,21,22). The SMILES string of the molecule is CCNC(=NCC1(O)CCC1)N1CCC(Cc2ccccc2)CC1. The Morgan fingerprint density at radius 3 is 2.54 bits per heavy atom. The van der Waals surface area contributed by atoms with Crippen molar-refractivity contribution in [1.29, 1.82) is 0 Å². The van der Waals surface area contributed by atoms with Crippen LogP contribution in [0.1, 0.15) is 44.6 Å². The van der Waals surface area contributed by atoms with E-state index in [0.29, 0.717) is 6.54 Å². The van der Waals surface area contributed by atoms with Crippen LogP contribution in [-0.2, 0) is 6.42 Å². The molecule has 1 aliphatic carbocycles. The van der Waals surface area contributed by atoms with Gasteiger partial charge < -0.3 is 15.3 Å². The van der Waals surface area contributed by atoms with E-state index in [0.717, 1.165) is 50.8 Å². The molecule has 0 atom stereocenters. The fourth-order valence-electron chi connectivity index (χ4n) is 3.69. The zero-order valence-electron chi connectivity index (χ0n) is 14.9. The molecule has 1 saturated heterocycles. The lowest BCUT2D eigenvalue weighted by Gasteiger charge is -2.37. The van der Waals surface area contributed by atoms with Crippen LogP contribution < -0.4 is 5.32 Å². The van der Waals surface area contributed by atoms with Gasteiger partial charge in [-0.3, -0.25) is 4.99 Å². The first-order chi connectivity index (χ1) is 11.7. The van der Waals surface area contributed by atoms with Crippen LogP contribution in [0.3, 0.4) is 0 Å². The largest absolute Gasteiger partial charge is 0.388 e. The topological polar surface area (TPSA) is 47.9 Å². The van der Waals surface area contributed by atoms with E-state index in [1.807, 2.05) is 0 Å². The molecule has 1 aromatic carbocycles. The van der Waals surface area contributed by atoms with Crippen molar-refractivity contribution in [3.05, 3.63) is 35.9 Å². The third-order valence-electron chi connectivity index (χ3n) is 5.42. The normalized spacial score (nSPS) is 21.4.